The van der Waals surface area contributed by atoms with Crippen molar-refractivity contribution >= 4 is 0 Å². The molecule has 0 bridgehead atoms. The van der Waals surface area contributed by atoms with E-state index in [-0.39, 0.29) is 6.04 Å². The highest BCUT2D eigenvalue weighted by Gasteiger charge is 2.27. The molecule has 2 N–H and O–H groups in total. The van der Waals surface area contributed by atoms with Crippen LogP contribution < -0.4 is 10.6 Å². The van der Waals surface area contributed by atoms with E-state index < -0.39 is 0 Å². The fourth-order valence-corrected chi connectivity index (χ4v) is 5.07. The maximum absolute atomic E-state index is 4.68. The van der Waals surface area contributed by atoms with Gasteiger partial charge in [-0.2, -0.15) is 0 Å². The molecule has 2 unspecified atom stereocenters. The van der Waals surface area contributed by atoms with Crippen LogP contribution in [-0.4, -0.2) is 35.1 Å². The van der Waals surface area contributed by atoms with Gasteiger partial charge in [-0.25, -0.2) is 0 Å². The number of hydrogen-bond donors (Lipinski definition) is 2. The first-order valence-electron chi connectivity index (χ1n) is 11.5. The molecule has 0 amide bonds. The Kier molecular flexibility index (Phi) is 6.12. The first kappa shape index (κ1) is 20.4. The van der Waals surface area contributed by atoms with Crippen LogP contribution in [-0.2, 0) is 25.9 Å². The predicted octanol–water partition coefficient (Wildman–Crippen LogP) is 3.87. The molecule has 3 heterocycles. The van der Waals surface area contributed by atoms with E-state index in [2.05, 4.69) is 88.1 Å². The van der Waals surface area contributed by atoms with Crippen molar-refractivity contribution in [2.75, 3.05) is 13.1 Å². The summed E-state index contributed by atoms with van der Waals surface area (Å²) in [6, 6.07) is 25.1. The Morgan fingerprint density at radius 2 is 1.29 bits per heavy atom. The van der Waals surface area contributed by atoms with E-state index in [1.54, 1.807) is 0 Å². The van der Waals surface area contributed by atoms with Gasteiger partial charge in [-0.3, -0.25) is 9.88 Å². The molecule has 31 heavy (non-hydrogen) atoms. The van der Waals surface area contributed by atoms with Crippen LogP contribution in [0.4, 0.5) is 0 Å². The summed E-state index contributed by atoms with van der Waals surface area (Å²) in [5.41, 5.74) is 7.00. The maximum atomic E-state index is 4.68. The van der Waals surface area contributed by atoms with Gasteiger partial charge in [-0.1, -0.05) is 54.6 Å². The van der Waals surface area contributed by atoms with Crippen LogP contribution in [0.3, 0.4) is 0 Å². The molecule has 1 aromatic heterocycles. The van der Waals surface area contributed by atoms with Crippen molar-refractivity contribution in [3.05, 3.63) is 101 Å². The molecular weight excluding hydrogens is 380 g/mol. The summed E-state index contributed by atoms with van der Waals surface area (Å²) in [6.07, 6.45) is 4.08. The maximum Gasteiger partial charge on any atom is 0.0572 e. The van der Waals surface area contributed by atoms with Gasteiger partial charge < -0.3 is 10.6 Å². The summed E-state index contributed by atoms with van der Waals surface area (Å²) in [5, 5.41) is 7.57. The minimum atomic E-state index is 0.277. The number of pyridine rings is 1. The molecule has 4 nitrogen and oxygen atoms in total. The first-order valence-corrected chi connectivity index (χ1v) is 11.5. The average molecular weight is 413 g/mol. The van der Waals surface area contributed by atoms with E-state index in [1.165, 1.54) is 22.3 Å². The van der Waals surface area contributed by atoms with Gasteiger partial charge in [0.05, 0.1) is 5.69 Å². The van der Waals surface area contributed by atoms with Crippen LogP contribution in [0.5, 0.6) is 0 Å². The molecule has 3 atom stereocenters. The van der Waals surface area contributed by atoms with Crippen molar-refractivity contribution < 1.29 is 0 Å². The molecule has 0 saturated heterocycles. The van der Waals surface area contributed by atoms with Crippen LogP contribution in [0.1, 0.15) is 40.9 Å². The molecule has 3 aromatic rings. The second-order valence-corrected chi connectivity index (χ2v) is 8.99. The van der Waals surface area contributed by atoms with Crippen LogP contribution in [0.25, 0.3) is 0 Å². The lowest BCUT2D eigenvalue weighted by Gasteiger charge is -2.38. The molecule has 160 valence electrons. The number of nitrogens with one attached hydrogen (secondary N) is 2. The van der Waals surface area contributed by atoms with Gasteiger partial charge in [0.25, 0.3) is 0 Å². The molecule has 2 aliphatic heterocycles. The highest BCUT2D eigenvalue weighted by molar-refractivity contribution is 5.31. The van der Waals surface area contributed by atoms with Crippen LogP contribution in [0, 0.1) is 0 Å². The minimum absolute atomic E-state index is 0.277. The Bertz CT molecular complexity index is 943. The summed E-state index contributed by atoms with van der Waals surface area (Å²) in [7, 11) is 0. The second kappa shape index (κ2) is 9.31. The lowest BCUT2D eigenvalue weighted by atomic mass is 9.93. The van der Waals surface area contributed by atoms with Crippen molar-refractivity contribution in [3.63, 3.8) is 0 Å². The number of nitrogens with zero attached hydrogens (tertiary/aromatic N) is 2. The smallest absolute Gasteiger partial charge is 0.0572 e. The lowest BCUT2D eigenvalue weighted by molar-refractivity contribution is 0.159. The second-order valence-electron chi connectivity index (χ2n) is 8.99. The number of fused-ring (bicyclic) bond motifs is 2. The summed E-state index contributed by atoms with van der Waals surface area (Å²) in [4.78, 5) is 7.30. The van der Waals surface area contributed by atoms with E-state index in [9.17, 15) is 0 Å². The van der Waals surface area contributed by atoms with Crippen molar-refractivity contribution in [3.8, 4) is 0 Å². The van der Waals surface area contributed by atoms with E-state index >= 15 is 0 Å². The van der Waals surface area contributed by atoms with Gasteiger partial charge in [0.2, 0.25) is 0 Å². The highest BCUT2D eigenvalue weighted by Crippen LogP contribution is 2.24. The topological polar surface area (TPSA) is 40.2 Å². The van der Waals surface area contributed by atoms with Crippen LogP contribution >= 0.6 is 0 Å². The van der Waals surface area contributed by atoms with E-state index in [0.717, 1.165) is 44.7 Å². The zero-order valence-corrected chi connectivity index (χ0v) is 18.3. The molecule has 0 spiro atoms. The van der Waals surface area contributed by atoms with Gasteiger partial charge in [-0.15, -0.1) is 0 Å². The average Bonchev–Trinajstić information content (AvgIpc) is 2.83. The van der Waals surface area contributed by atoms with Crippen LogP contribution in [0.2, 0.25) is 0 Å². The Hall–Kier alpha value is -2.53. The molecule has 4 heteroatoms. The zero-order valence-electron chi connectivity index (χ0n) is 18.3. The number of aromatic nitrogens is 1. The zero-order chi connectivity index (χ0) is 21.0. The van der Waals surface area contributed by atoms with Crippen molar-refractivity contribution in [2.45, 2.75) is 51.0 Å². The molecule has 0 fully saturated rings. The third kappa shape index (κ3) is 4.72. The van der Waals surface area contributed by atoms with Crippen molar-refractivity contribution in [2.24, 2.45) is 0 Å². The van der Waals surface area contributed by atoms with E-state index in [0.29, 0.717) is 12.1 Å². The largest absolute Gasteiger partial charge is 0.308 e. The summed E-state index contributed by atoms with van der Waals surface area (Å²) in [6.45, 7) is 6.26. The van der Waals surface area contributed by atoms with Gasteiger partial charge in [0.15, 0.2) is 0 Å². The number of hydrogen-bond acceptors (Lipinski definition) is 4. The number of rotatable bonds is 6. The predicted molar refractivity (Wildman–Crippen MR) is 126 cm³/mol. The van der Waals surface area contributed by atoms with Gasteiger partial charge in [0, 0.05) is 50.5 Å². The molecule has 5 rings (SSSR count). The fourth-order valence-electron chi connectivity index (χ4n) is 5.07. The van der Waals surface area contributed by atoms with E-state index in [4.69, 9.17) is 0 Å². The lowest BCUT2D eigenvalue weighted by Crippen LogP contribution is -2.50. The van der Waals surface area contributed by atoms with Crippen molar-refractivity contribution in [1.82, 2.24) is 20.5 Å². The molecule has 0 aliphatic carbocycles. The van der Waals surface area contributed by atoms with E-state index in [1.807, 2.05) is 12.3 Å². The molecule has 2 aromatic carbocycles. The Morgan fingerprint density at radius 1 is 0.774 bits per heavy atom. The van der Waals surface area contributed by atoms with Crippen LogP contribution in [0.15, 0.2) is 72.9 Å². The van der Waals surface area contributed by atoms with Gasteiger partial charge in [-0.05, 0) is 54.2 Å². The SMILES string of the molecule is C[C@@H](c1ccccn1)N(CC1Cc2ccccc2CN1)CC1Cc2ccccc2CN1. The summed E-state index contributed by atoms with van der Waals surface area (Å²) < 4.78 is 0. The van der Waals surface area contributed by atoms with Crippen molar-refractivity contribution in [1.29, 1.82) is 0 Å². The standard InChI is InChI=1S/C27H32N4/c1-20(27-12-6-7-13-28-27)31(18-25-14-21-8-2-4-10-23(21)16-29-25)19-26-15-22-9-3-5-11-24(22)17-30-26/h2-13,20,25-26,29-30H,14-19H2,1H3/t20-,25?,26?/m0/s1. The Morgan fingerprint density at radius 3 is 1.81 bits per heavy atom. The molecular formula is C27H32N4. The highest BCUT2D eigenvalue weighted by atomic mass is 15.2. The molecule has 2 aliphatic rings. The first-order chi connectivity index (χ1) is 15.3. The summed E-state index contributed by atoms with van der Waals surface area (Å²) >= 11 is 0. The monoisotopic (exact) mass is 412 g/mol. The fraction of sp³-hybridized carbons (Fsp3) is 0.370. The normalized spacial score (nSPS) is 21.4. The quantitative estimate of drug-likeness (QED) is 0.645. The molecule has 0 radical (unpaired) electrons. The van der Waals surface area contributed by atoms with Gasteiger partial charge in [0.1, 0.15) is 0 Å². The number of benzene rings is 2. The minimum Gasteiger partial charge on any atom is -0.308 e. The molecule has 0 saturated carbocycles. The third-order valence-corrected chi connectivity index (χ3v) is 6.91. The Labute approximate surface area is 185 Å². The Balaban J connectivity index is 1.33. The van der Waals surface area contributed by atoms with Gasteiger partial charge >= 0.3 is 0 Å². The summed E-state index contributed by atoms with van der Waals surface area (Å²) in [5.74, 6) is 0. The third-order valence-electron chi connectivity index (χ3n) is 6.91.